The Balaban J connectivity index is 1.31. The van der Waals surface area contributed by atoms with Gasteiger partial charge in [-0.05, 0) is 56.0 Å². The number of pyridine rings is 1. The summed E-state index contributed by atoms with van der Waals surface area (Å²) >= 11 is 0.815. The number of nitrogens with two attached hydrogens (primary N) is 1. The zero-order valence-corrected chi connectivity index (χ0v) is 29.7. The van der Waals surface area contributed by atoms with E-state index >= 15 is 13.6 Å². The number of hydrogen-bond acceptors (Lipinski definition) is 11. The van der Waals surface area contributed by atoms with Crippen molar-refractivity contribution in [3.05, 3.63) is 74.8 Å². The van der Waals surface area contributed by atoms with Gasteiger partial charge in [0.25, 0.3) is 5.56 Å². The maximum Gasteiger partial charge on any atom is 0.319 e. The predicted octanol–water partition coefficient (Wildman–Crippen LogP) is 5.36. The monoisotopic (exact) mass is 755 g/mol. The second-order valence-corrected chi connectivity index (χ2v) is 15.7. The molecule has 4 aliphatic heterocycles. The summed E-state index contributed by atoms with van der Waals surface area (Å²) in [7, 11) is 0. The van der Waals surface area contributed by atoms with Gasteiger partial charge in [-0.1, -0.05) is 12.1 Å². The van der Waals surface area contributed by atoms with Crippen molar-refractivity contribution in [2.75, 3.05) is 43.4 Å². The van der Waals surface area contributed by atoms with Crippen molar-refractivity contribution in [3.63, 3.8) is 0 Å². The third-order valence-corrected chi connectivity index (χ3v) is 12.5. The van der Waals surface area contributed by atoms with Gasteiger partial charge in [-0.25, -0.2) is 17.6 Å². The van der Waals surface area contributed by atoms with E-state index in [0.717, 1.165) is 53.8 Å². The Bertz CT molecular complexity index is 2520. The number of alkyl halides is 1. The Morgan fingerprint density at radius 1 is 1.02 bits per heavy atom. The fraction of sp³-hybridized carbons (Fsp3) is 0.395. The number of halogens is 4. The second-order valence-electron chi connectivity index (χ2n) is 14.7. The minimum absolute atomic E-state index is 0.00184. The zero-order chi connectivity index (χ0) is 37.5. The van der Waals surface area contributed by atoms with Crippen molar-refractivity contribution >= 4 is 43.1 Å². The number of fused-ring (bicyclic) bond motifs is 5. The van der Waals surface area contributed by atoms with Gasteiger partial charge >= 0.3 is 6.01 Å². The number of aromatic nitrogens is 3. The Hall–Kier alpha value is -5.29. The highest BCUT2D eigenvalue weighted by atomic mass is 32.1. The molecule has 7 heterocycles. The number of thiophene rings is 1. The molecule has 0 amide bonds. The number of nitrogens with one attached hydrogen (secondary N) is 1. The molecule has 3 aromatic heterocycles. The van der Waals surface area contributed by atoms with E-state index in [0.29, 0.717) is 26.1 Å². The van der Waals surface area contributed by atoms with Crippen LogP contribution in [-0.4, -0.2) is 76.0 Å². The summed E-state index contributed by atoms with van der Waals surface area (Å²) in [5, 5.41) is 23.4. The molecule has 4 fully saturated rings. The quantitative estimate of drug-likeness (QED) is 0.208. The standard InChI is InChI=1S/C38H33F4N9O2S/c39-20-11-38(9-2-10-50(38)15-20)18-53-37-47-31-29(35(48-37)49-16-21-5-6-22(17-49)46-21)36(52)51(14-19-3-1-4-26(40)24(19)12-43)32(30(31)42)23-7-8-27(41)33-28(23)25(13-44)34(45)54-33/h1,3-4,7-8,20-22,46H,2,5-6,9-11,14-18,45H2/t20-,21?,22?,38+/m1/s1. The lowest BCUT2D eigenvalue weighted by atomic mass is 9.95. The third kappa shape index (κ3) is 5.38. The Morgan fingerprint density at radius 3 is 2.56 bits per heavy atom. The normalized spacial score (nSPS) is 23.6. The molecule has 3 N–H and O–H groups in total. The lowest BCUT2D eigenvalue weighted by Crippen LogP contribution is -2.51. The van der Waals surface area contributed by atoms with E-state index in [1.54, 1.807) is 0 Å². The van der Waals surface area contributed by atoms with Gasteiger partial charge in [0.1, 0.15) is 58.3 Å². The van der Waals surface area contributed by atoms with Crippen molar-refractivity contribution in [1.29, 1.82) is 10.5 Å². The molecule has 11 nitrogen and oxygen atoms in total. The summed E-state index contributed by atoms with van der Waals surface area (Å²) in [5.41, 5.74) is 3.74. The molecule has 4 saturated heterocycles. The Labute approximate surface area is 310 Å². The zero-order valence-electron chi connectivity index (χ0n) is 28.8. The Morgan fingerprint density at radius 2 is 1.80 bits per heavy atom. The first-order valence-corrected chi connectivity index (χ1v) is 18.7. The molecule has 0 saturated carbocycles. The van der Waals surface area contributed by atoms with Crippen molar-refractivity contribution in [3.8, 4) is 29.4 Å². The summed E-state index contributed by atoms with van der Waals surface area (Å²) in [5.74, 6) is -2.38. The van der Waals surface area contributed by atoms with Gasteiger partial charge in [0.15, 0.2) is 5.82 Å². The van der Waals surface area contributed by atoms with Gasteiger partial charge in [0.2, 0.25) is 0 Å². The molecule has 0 aliphatic carbocycles. The molecular weight excluding hydrogens is 723 g/mol. The highest BCUT2D eigenvalue weighted by Gasteiger charge is 2.49. The van der Waals surface area contributed by atoms with Crippen LogP contribution in [0.3, 0.4) is 0 Å². The maximum absolute atomic E-state index is 17.8. The second kappa shape index (κ2) is 12.9. The number of ether oxygens (including phenoxy) is 1. The number of rotatable bonds is 7. The molecule has 2 aromatic carbocycles. The molecule has 16 heteroatoms. The van der Waals surface area contributed by atoms with Crippen molar-refractivity contribution in [1.82, 2.24) is 24.8 Å². The van der Waals surface area contributed by atoms with Crippen LogP contribution in [-0.2, 0) is 6.54 Å². The number of anilines is 2. The molecule has 2 bridgehead atoms. The molecule has 4 aliphatic rings. The van der Waals surface area contributed by atoms with E-state index in [-0.39, 0.29) is 90.9 Å². The molecule has 0 radical (unpaired) electrons. The summed E-state index contributed by atoms with van der Waals surface area (Å²) < 4.78 is 70.0. The lowest BCUT2D eigenvalue weighted by molar-refractivity contribution is 0.107. The predicted molar refractivity (Wildman–Crippen MR) is 195 cm³/mol. The van der Waals surface area contributed by atoms with Crippen LogP contribution in [0.2, 0.25) is 0 Å². The first-order chi connectivity index (χ1) is 26.1. The van der Waals surface area contributed by atoms with Crippen LogP contribution in [0, 0.1) is 40.1 Å². The number of hydrogen-bond donors (Lipinski definition) is 2. The smallest absolute Gasteiger partial charge is 0.319 e. The molecular formula is C38H33F4N9O2S. The molecule has 4 atom stereocenters. The van der Waals surface area contributed by atoms with Gasteiger partial charge in [-0.15, -0.1) is 11.3 Å². The minimum Gasteiger partial charge on any atom is -0.461 e. The SMILES string of the molecule is N#Cc1c(F)cccc1Cn1c(-c2ccc(F)c3sc(N)c(C#N)c23)c(F)c2nc(OC[C@@]34CCCN3C[C@H](F)C4)nc(N3CC4CCC(C3)N4)c2c1=O. The molecule has 54 heavy (non-hydrogen) atoms. The fourth-order valence-electron chi connectivity index (χ4n) is 9.07. The van der Waals surface area contributed by atoms with E-state index in [9.17, 15) is 19.3 Å². The molecule has 0 spiro atoms. The first-order valence-electron chi connectivity index (χ1n) is 17.8. The lowest BCUT2D eigenvalue weighted by Gasteiger charge is -2.34. The van der Waals surface area contributed by atoms with Gasteiger partial charge in [0.05, 0.1) is 33.6 Å². The van der Waals surface area contributed by atoms with Crippen LogP contribution in [0.5, 0.6) is 6.01 Å². The molecule has 9 rings (SSSR count). The topological polar surface area (TPSA) is 149 Å². The summed E-state index contributed by atoms with van der Waals surface area (Å²) in [6.45, 7) is 1.56. The van der Waals surface area contributed by atoms with Crippen LogP contribution in [0.15, 0.2) is 35.1 Å². The molecule has 2 unspecified atom stereocenters. The third-order valence-electron chi connectivity index (χ3n) is 11.5. The largest absolute Gasteiger partial charge is 0.461 e. The van der Waals surface area contributed by atoms with Crippen molar-refractivity contribution in [2.24, 2.45) is 0 Å². The summed E-state index contributed by atoms with van der Waals surface area (Å²) in [6, 6.07) is 10.1. The van der Waals surface area contributed by atoms with Crippen LogP contribution < -0.4 is 26.2 Å². The van der Waals surface area contributed by atoms with Crippen LogP contribution in [0.1, 0.15) is 48.8 Å². The number of nitrogens with zero attached hydrogens (tertiary/aromatic N) is 7. The highest BCUT2D eigenvalue weighted by Crippen LogP contribution is 2.44. The van der Waals surface area contributed by atoms with Gasteiger partial charge < -0.3 is 25.3 Å². The fourth-order valence-corrected chi connectivity index (χ4v) is 10.0. The van der Waals surface area contributed by atoms with Crippen LogP contribution in [0.4, 0.5) is 28.4 Å². The van der Waals surface area contributed by atoms with E-state index in [4.69, 9.17) is 15.5 Å². The number of piperazine rings is 1. The minimum atomic E-state index is -1.01. The maximum atomic E-state index is 17.8. The Kier molecular flexibility index (Phi) is 8.26. The van der Waals surface area contributed by atoms with E-state index in [1.807, 2.05) is 17.0 Å². The average molecular weight is 756 g/mol. The number of nitrogen functional groups attached to an aromatic ring is 1. The van der Waals surface area contributed by atoms with Gasteiger partial charge in [-0.3, -0.25) is 9.69 Å². The summed E-state index contributed by atoms with van der Waals surface area (Å²) in [6.07, 6.45) is 2.68. The highest BCUT2D eigenvalue weighted by molar-refractivity contribution is 7.23. The van der Waals surface area contributed by atoms with Gasteiger partial charge in [-0.2, -0.15) is 20.5 Å². The molecule has 276 valence electrons. The van der Waals surface area contributed by atoms with Crippen molar-refractivity contribution < 1.29 is 22.3 Å². The van der Waals surface area contributed by atoms with Crippen LogP contribution in [0.25, 0.3) is 32.2 Å². The summed E-state index contributed by atoms with van der Waals surface area (Å²) in [4.78, 5) is 28.3. The van der Waals surface area contributed by atoms with Crippen molar-refractivity contribution in [2.45, 2.75) is 62.4 Å². The first kappa shape index (κ1) is 34.5. The number of nitriles is 2. The van der Waals surface area contributed by atoms with E-state index in [1.165, 1.54) is 18.2 Å². The van der Waals surface area contributed by atoms with E-state index < -0.39 is 41.3 Å². The van der Waals surface area contributed by atoms with Gasteiger partial charge in [0, 0.05) is 49.1 Å². The van der Waals surface area contributed by atoms with Crippen LogP contribution >= 0.6 is 11.3 Å². The number of benzene rings is 2. The van der Waals surface area contributed by atoms with E-state index in [2.05, 4.69) is 15.2 Å². The average Bonchev–Trinajstić information content (AvgIpc) is 3.89. The molecule has 5 aromatic rings.